The van der Waals surface area contributed by atoms with E-state index >= 15 is 0 Å². The summed E-state index contributed by atoms with van der Waals surface area (Å²) in [5.41, 5.74) is 0. The van der Waals surface area contributed by atoms with Gasteiger partial charge in [0.2, 0.25) is 0 Å². The number of hydrogen-bond donors (Lipinski definition) is 0. The van der Waals surface area contributed by atoms with Crippen molar-refractivity contribution in [2.75, 3.05) is 0 Å². The Labute approximate surface area is 147 Å². The Bertz CT molecular complexity index is 426. The fraction of sp³-hybridized carbons (Fsp3) is 0.105. The molecule has 1 aromatic carbocycles. The molecule has 0 N–H and O–H groups in total. The average Bonchev–Trinajstić information content (AvgIpc) is 3.23. The van der Waals surface area contributed by atoms with Crippen LogP contribution in [0.2, 0.25) is 13.1 Å². The molecule has 1 aromatic rings. The van der Waals surface area contributed by atoms with Gasteiger partial charge in [-0.1, -0.05) is 48.6 Å². The third-order valence-corrected chi connectivity index (χ3v) is 6.74. The molecule has 2 aliphatic carbocycles. The van der Waals surface area contributed by atoms with Gasteiger partial charge >= 0.3 is 0 Å². The maximum atomic E-state index is 12.4. The molecule has 0 unspecified atom stereocenters. The molecule has 22 heavy (non-hydrogen) atoms. The molecule has 2 saturated carbocycles. The largest absolute Gasteiger partial charge is 0.304 e. The summed E-state index contributed by atoms with van der Waals surface area (Å²) in [6, 6.07) is 10.1. The van der Waals surface area contributed by atoms with Crippen LogP contribution in [0.25, 0.3) is 0 Å². The van der Waals surface area contributed by atoms with Gasteiger partial charge in [0.25, 0.3) is 0 Å². The fourth-order valence-corrected chi connectivity index (χ4v) is 4.37. The molecular formula is C19H20FeOSi. The van der Waals surface area contributed by atoms with Crippen molar-refractivity contribution >= 4 is 18.7 Å². The van der Waals surface area contributed by atoms with Crippen molar-refractivity contribution in [3.63, 3.8) is 0 Å². The van der Waals surface area contributed by atoms with E-state index in [1.165, 1.54) is 5.19 Å². The second-order valence-corrected chi connectivity index (χ2v) is 9.74. The molecule has 0 bridgehead atoms. The van der Waals surface area contributed by atoms with Gasteiger partial charge in [0.05, 0.1) is 0 Å². The van der Waals surface area contributed by atoms with Crippen LogP contribution in [-0.4, -0.2) is 13.5 Å². The van der Waals surface area contributed by atoms with Gasteiger partial charge in [0.15, 0.2) is 8.07 Å². The van der Waals surface area contributed by atoms with Crippen LogP contribution in [0.1, 0.15) is 0 Å². The van der Waals surface area contributed by atoms with E-state index in [0.717, 1.165) is 5.92 Å². The van der Waals surface area contributed by atoms with Gasteiger partial charge in [-0.3, -0.25) is 0 Å². The Morgan fingerprint density at radius 2 is 1.23 bits per heavy atom. The van der Waals surface area contributed by atoms with Crippen LogP contribution in [0.15, 0.2) is 30.3 Å². The topological polar surface area (TPSA) is 17.1 Å². The molecule has 0 aromatic heterocycles. The van der Waals surface area contributed by atoms with Gasteiger partial charge in [-0.15, -0.1) is 0 Å². The minimum atomic E-state index is -2.03. The number of benzene rings is 1. The van der Waals surface area contributed by atoms with E-state index in [9.17, 15) is 4.79 Å². The zero-order chi connectivity index (χ0) is 15.1. The van der Waals surface area contributed by atoms with Crippen LogP contribution in [0.5, 0.6) is 0 Å². The average molecular weight is 348 g/mol. The molecule has 0 aliphatic heterocycles. The first kappa shape index (κ1) is 19.7. The van der Waals surface area contributed by atoms with Gasteiger partial charge < -0.3 is 4.79 Å². The zero-order valence-electron chi connectivity index (χ0n) is 12.8. The molecule has 3 rings (SSSR count). The molecule has 0 atom stereocenters. The van der Waals surface area contributed by atoms with E-state index in [1.54, 1.807) is 0 Å². The first-order valence-corrected chi connectivity index (χ1v) is 10.1. The SMILES string of the molecule is C[Si](C)(C(=O)[C]1[CH][CH][CH][CH]1)c1ccccc1.[CH]1[CH][CH][CH][CH]1.[Fe]. The van der Waals surface area contributed by atoms with Crippen LogP contribution in [0.4, 0.5) is 0 Å². The van der Waals surface area contributed by atoms with Gasteiger partial charge in [0, 0.05) is 23.0 Å². The van der Waals surface area contributed by atoms with E-state index < -0.39 is 8.07 Å². The Morgan fingerprint density at radius 3 is 1.68 bits per heavy atom. The second-order valence-electron chi connectivity index (χ2n) is 5.46. The second kappa shape index (κ2) is 9.70. The Kier molecular flexibility index (Phi) is 8.67. The molecule has 0 saturated heterocycles. The van der Waals surface area contributed by atoms with E-state index in [2.05, 4.69) is 25.2 Å². The first-order chi connectivity index (χ1) is 10.1. The molecule has 2 aliphatic rings. The van der Waals surface area contributed by atoms with E-state index in [-0.39, 0.29) is 17.1 Å². The van der Waals surface area contributed by atoms with Gasteiger partial charge in [-0.05, 0) is 57.8 Å². The fourth-order valence-electron chi connectivity index (χ4n) is 2.19. The maximum Gasteiger partial charge on any atom is 0.158 e. The Hall–Kier alpha value is -0.374. The summed E-state index contributed by atoms with van der Waals surface area (Å²) in [7, 11) is -2.03. The number of carbonyl (C=O) groups excluding carboxylic acids is 1. The van der Waals surface area contributed by atoms with Crippen LogP contribution in [0, 0.1) is 63.7 Å². The van der Waals surface area contributed by atoms with Crippen molar-refractivity contribution in [1.29, 1.82) is 0 Å². The van der Waals surface area contributed by atoms with Crippen LogP contribution < -0.4 is 5.19 Å². The van der Waals surface area contributed by atoms with Crippen molar-refractivity contribution in [2.24, 2.45) is 0 Å². The van der Waals surface area contributed by atoms with Gasteiger partial charge in [-0.2, -0.15) is 0 Å². The minimum Gasteiger partial charge on any atom is -0.304 e. The van der Waals surface area contributed by atoms with E-state index in [0.29, 0.717) is 5.41 Å². The molecule has 114 valence electrons. The van der Waals surface area contributed by atoms with Gasteiger partial charge in [0.1, 0.15) is 5.41 Å². The summed E-state index contributed by atoms with van der Waals surface area (Å²) in [5.74, 6) is 0.848. The smallest absolute Gasteiger partial charge is 0.158 e. The molecular weight excluding hydrogens is 328 g/mol. The molecule has 0 heterocycles. The summed E-state index contributed by atoms with van der Waals surface area (Å²) >= 11 is 0. The summed E-state index contributed by atoms with van der Waals surface area (Å²) in [6.45, 7) is 4.22. The molecule has 3 heteroatoms. The molecule has 10 radical (unpaired) electrons. The molecule has 0 spiro atoms. The van der Waals surface area contributed by atoms with Crippen molar-refractivity contribution < 1.29 is 21.9 Å². The van der Waals surface area contributed by atoms with Crippen molar-refractivity contribution in [2.45, 2.75) is 13.1 Å². The summed E-state index contributed by atoms with van der Waals surface area (Å²) in [4.78, 5) is 12.4. The Morgan fingerprint density at radius 1 is 0.773 bits per heavy atom. The third kappa shape index (κ3) is 5.36. The van der Waals surface area contributed by atoms with E-state index in [1.807, 2.05) is 76.0 Å². The quantitative estimate of drug-likeness (QED) is 0.767. The molecule has 1 nitrogen and oxygen atoms in total. The third-order valence-electron chi connectivity index (χ3n) is 3.54. The summed E-state index contributed by atoms with van der Waals surface area (Å²) in [5, 5.41) is 1.50. The van der Waals surface area contributed by atoms with Crippen molar-refractivity contribution in [3.05, 3.63) is 94.0 Å². The molecule has 0 amide bonds. The van der Waals surface area contributed by atoms with E-state index in [4.69, 9.17) is 0 Å². The normalized spacial score (nSPS) is 18.3. The van der Waals surface area contributed by atoms with Crippen molar-refractivity contribution in [1.82, 2.24) is 0 Å². The van der Waals surface area contributed by atoms with Crippen LogP contribution >= 0.6 is 0 Å². The first-order valence-electron chi connectivity index (χ1n) is 7.11. The van der Waals surface area contributed by atoms with Crippen LogP contribution in [-0.2, 0) is 21.9 Å². The van der Waals surface area contributed by atoms with Crippen molar-refractivity contribution in [3.8, 4) is 0 Å². The zero-order valence-corrected chi connectivity index (χ0v) is 14.9. The number of rotatable bonds is 3. The number of hydrogen-bond acceptors (Lipinski definition) is 1. The maximum absolute atomic E-state index is 12.4. The number of carbonyl (C=O) groups is 1. The summed E-state index contributed by atoms with van der Waals surface area (Å²) < 4.78 is 0. The standard InChI is InChI=1S/C14H15OSi.C5H5.Fe/c1-16(2,13-10-4-3-5-11-13)14(15)12-8-6-7-9-12;1-2-4-5-3-1;/h3-11H,1-2H3;1-5H;. The predicted molar refractivity (Wildman–Crippen MR) is 90.5 cm³/mol. The summed E-state index contributed by atoms with van der Waals surface area (Å²) in [6.07, 6.45) is 17.6. The van der Waals surface area contributed by atoms with Gasteiger partial charge in [-0.25, -0.2) is 0 Å². The predicted octanol–water partition coefficient (Wildman–Crippen LogP) is 3.13. The monoisotopic (exact) mass is 348 g/mol. The minimum absolute atomic E-state index is 0. The Balaban J connectivity index is 0.000000344. The molecule has 2 fully saturated rings. The van der Waals surface area contributed by atoms with Crippen LogP contribution in [0.3, 0.4) is 0 Å².